The molecule has 2 heterocycles. The van der Waals surface area contributed by atoms with E-state index in [1.807, 2.05) is 13.8 Å². The van der Waals surface area contributed by atoms with Gasteiger partial charge in [0.15, 0.2) is 0 Å². The van der Waals surface area contributed by atoms with Crippen LogP contribution in [0.1, 0.15) is 33.1 Å². The van der Waals surface area contributed by atoms with Gasteiger partial charge in [-0.15, -0.1) is 0 Å². The molecular formula is C19H29N3O4S. The number of rotatable bonds is 5. The summed E-state index contributed by atoms with van der Waals surface area (Å²) in [6.45, 7) is 7.11. The lowest BCUT2D eigenvalue weighted by molar-refractivity contribution is -0.123. The van der Waals surface area contributed by atoms with Gasteiger partial charge in [0.2, 0.25) is 15.9 Å². The van der Waals surface area contributed by atoms with Gasteiger partial charge in [0, 0.05) is 31.9 Å². The molecule has 0 spiro atoms. The molecule has 0 aromatic heterocycles. The van der Waals surface area contributed by atoms with Crippen LogP contribution in [0, 0.1) is 0 Å². The van der Waals surface area contributed by atoms with E-state index in [0.29, 0.717) is 25.4 Å². The third kappa shape index (κ3) is 4.87. The topological polar surface area (TPSA) is 79.0 Å². The van der Waals surface area contributed by atoms with Crippen LogP contribution in [0.3, 0.4) is 0 Å². The highest BCUT2D eigenvalue weighted by Crippen LogP contribution is 2.22. The molecule has 0 saturated carbocycles. The molecule has 2 aliphatic rings. The van der Waals surface area contributed by atoms with E-state index in [1.54, 1.807) is 28.6 Å². The molecule has 8 heteroatoms. The Morgan fingerprint density at radius 2 is 1.81 bits per heavy atom. The number of ether oxygens (including phenoxy) is 1. The maximum atomic E-state index is 12.7. The van der Waals surface area contributed by atoms with Crippen molar-refractivity contribution in [3.63, 3.8) is 0 Å². The van der Waals surface area contributed by atoms with E-state index in [9.17, 15) is 13.2 Å². The second kappa shape index (κ2) is 8.68. The van der Waals surface area contributed by atoms with Crippen molar-refractivity contribution in [3.8, 4) is 0 Å². The molecule has 0 unspecified atom stereocenters. The molecule has 150 valence electrons. The van der Waals surface area contributed by atoms with Crippen LogP contribution in [0.15, 0.2) is 29.2 Å². The molecule has 7 nitrogen and oxygen atoms in total. The molecular weight excluding hydrogens is 366 g/mol. The standard InChI is InChI=1S/C19H29N3O4S/c1-15-14-21(12-13-26-15)16(2)19(23)20-17-6-8-18(9-7-17)27(24,25)22-10-4-3-5-11-22/h6-9,15-16H,3-5,10-14H2,1-2H3,(H,20,23)/t15-,16+/m0/s1. The van der Waals surface area contributed by atoms with E-state index in [-0.39, 0.29) is 22.9 Å². The molecule has 1 N–H and O–H groups in total. The Morgan fingerprint density at radius 1 is 1.15 bits per heavy atom. The molecule has 3 rings (SSSR count). The SMILES string of the molecule is C[C@H](C(=O)Nc1ccc(S(=O)(=O)N2CCCCC2)cc1)N1CCO[C@@H](C)C1. The summed E-state index contributed by atoms with van der Waals surface area (Å²) in [7, 11) is -3.45. The van der Waals surface area contributed by atoms with Crippen molar-refractivity contribution in [1.82, 2.24) is 9.21 Å². The second-order valence-corrected chi connectivity index (χ2v) is 9.27. The Morgan fingerprint density at radius 3 is 2.44 bits per heavy atom. The van der Waals surface area contributed by atoms with Gasteiger partial charge in [0.25, 0.3) is 0 Å². The van der Waals surface area contributed by atoms with Crippen molar-refractivity contribution in [1.29, 1.82) is 0 Å². The summed E-state index contributed by atoms with van der Waals surface area (Å²) >= 11 is 0. The maximum Gasteiger partial charge on any atom is 0.243 e. The predicted molar refractivity (Wildman–Crippen MR) is 104 cm³/mol. The van der Waals surface area contributed by atoms with E-state index in [0.717, 1.165) is 32.4 Å². The number of carbonyl (C=O) groups is 1. The number of hydrogen-bond acceptors (Lipinski definition) is 5. The average molecular weight is 396 g/mol. The minimum atomic E-state index is -3.45. The van der Waals surface area contributed by atoms with E-state index < -0.39 is 10.0 Å². The van der Waals surface area contributed by atoms with E-state index in [4.69, 9.17) is 4.74 Å². The fourth-order valence-corrected chi connectivity index (χ4v) is 5.09. The number of benzene rings is 1. The minimum Gasteiger partial charge on any atom is -0.376 e. The summed E-state index contributed by atoms with van der Waals surface area (Å²) in [6.07, 6.45) is 3.02. The van der Waals surface area contributed by atoms with Gasteiger partial charge in [0.1, 0.15) is 0 Å². The molecule has 2 saturated heterocycles. The molecule has 27 heavy (non-hydrogen) atoms. The number of sulfonamides is 1. The van der Waals surface area contributed by atoms with Gasteiger partial charge < -0.3 is 10.1 Å². The Kier molecular flexibility index (Phi) is 6.52. The van der Waals surface area contributed by atoms with E-state index >= 15 is 0 Å². The summed E-state index contributed by atoms with van der Waals surface area (Å²) in [5.74, 6) is -0.101. The highest BCUT2D eigenvalue weighted by Gasteiger charge is 2.27. The van der Waals surface area contributed by atoms with Gasteiger partial charge in [-0.2, -0.15) is 4.31 Å². The minimum absolute atomic E-state index is 0.101. The van der Waals surface area contributed by atoms with E-state index in [2.05, 4.69) is 10.2 Å². The molecule has 2 aliphatic heterocycles. The maximum absolute atomic E-state index is 12.7. The van der Waals surface area contributed by atoms with Crippen molar-refractivity contribution in [2.24, 2.45) is 0 Å². The molecule has 1 aromatic rings. The number of anilines is 1. The van der Waals surface area contributed by atoms with Crippen molar-refractivity contribution in [2.45, 2.75) is 50.2 Å². The molecule has 0 bridgehead atoms. The fourth-order valence-electron chi connectivity index (χ4n) is 3.57. The number of carbonyl (C=O) groups excluding carboxylic acids is 1. The first-order chi connectivity index (χ1) is 12.9. The molecule has 2 atom stereocenters. The molecule has 0 radical (unpaired) electrons. The monoisotopic (exact) mass is 395 g/mol. The second-order valence-electron chi connectivity index (χ2n) is 7.33. The van der Waals surface area contributed by atoms with Crippen molar-refractivity contribution >= 4 is 21.6 Å². The Bertz CT molecular complexity index is 745. The number of piperidine rings is 1. The van der Waals surface area contributed by atoms with Gasteiger partial charge in [-0.1, -0.05) is 6.42 Å². The van der Waals surface area contributed by atoms with E-state index in [1.165, 1.54) is 0 Å². The van der Waals surface area contributed by atoms with Crippen molar-refractivity contribution < 1.29 is 17.9 Å². The predicted octanol–water partition coefficient (Wildman–Crippen LogP) is 1.91. The molecule has 1 aromatic carbocycles. The number of amides is 1. The van der Waals surface area contributed by atoms with Gasteiger partial charge >= 0.3 is 0 Å². The number of nitrogens with zero attached hydrogens (tertiary/aromatic N) is 2. The largest absolute Gasteiger partial charge is 0.376 e. The lowest BCUT2D eigenvalue weighted by Crippen LogP contribution is -2.50. The first kappa shape index (κ1) is 20.3. The Balaban J connectivity index is 1.62. The highest BCUT2D eigenvalue weighted by atomic mass is 32.2. The molecule has 0 aliphatic carbocycles. The van der Waals surface area contributed by atoms with Crippen LogP contribution in [0.4, 0.5) is 5.69 Å². The third-order valence-corrected chi connectivity index (χ3v) is 7.19. The normalized spacial score (nSPS) is 23.7. The number of morpholine rings is 1. The third-order valence-electron chi connectivity index (χ3n) is 5.27. The van der Waals surface area contributed by atoms with Gasteiger partial charge in [0.05, 0.1) is 23.6 Å². The number of nitrogens with one attached hydrogen (secondary N) is 1. The van der Waals surface area contributed by atoms with Crippen LogP contribution in [0.25, 0.3) is 0 Å². The summed E-state index contributed by atoms with van der Waals surface area (Å²) in [5.41, 5.74) is 0.603. The first-order valence-corrected chi connectivity index (χ1v) is 11.1. The highest BCUT2D eigenvalue weighted by molar-refractivity contribution is 7.89. The molecule has 2 fully saturated rings. The van der Waals surface area contributed by atoms with Gasteiger partial charge in [-0.25, -0.2) is 8.42 Å². The Hall–Kier alpha value is -1.48. The number of hydrogen-bond donors (Lipinski definition) is 1. The van der Waals surface area contributed by atoms with Crippen LogP contribution in [-0.2, 0) is 19.6 Å². The zero-order valence-electron chi connectivity index (χ0n) is 16.1. The summed E-state index contributed by atoms with van der Waals surface area (Å²) in [4.78, 5) is 14.9. The summed E-state index contributed by atoms with van der Waals surface area (Å²) in [6, 6.07) is 6.18. The van der Waals surface area contributed by atoms with Crippen LogP contribution in [0.2, 0.25) is 0 Å². The van der Waals surface area contributed by atoms with Crippen molar-refractivity contribution in [3.05, 3.63) is 24.3 Å². The smallest absolute Gasteiger partial charge is 0.243 e. The van der Waals surface area contributed by atoms with Crippen LogP contribution >= 0.6 is 0 Å². The summed E-state index contributed by atoms with van der Waals surface area (Å²) in [5, 5.41) is 2.88. The first-order valence-electron chi connectivity index (χ1n) is 9.64. The Labute approximate surface area is 161 Å². The zero-order chi connectivity index (χ0) is 19.4. The lowest BCUT2D eigenvalue weighted by atomic mass is 10.2. The summed E-state index contributed by atoms with van der Waals surface area (Å²) < 4.78 is 32.4. The van der Waals surface area contributed by atoms with Crippen LogP contribution in [0.5, 0.6) is 0 Å². The van der Waals surface area contributed by atoms with Crippen LogP contribution < -0.4 is 5.32 Å². The van der Waals surface area contributed by atoms with Crippen LogP contribution in [-0.4, -0.2) is 68.5 Å². The average Bonchev–Trinajstić information content (AvgIpc) is 2.68. The molecule has 1 amide bonds. The lowest BCUT2D eigenvalue weighted by Gasteiger charge is -2.34. The van der Waals surface area contributed by atoms with Gasteiger partial charge in [-0.3, -0.25) is 9.69 Å². The quantitative estimate of drug-likeness (QED) is 0.824. The van der Waals surface area contributed by atoms with Crippen molar-refractivity contribution in [2.75, 3.05) is 38.1 Å². The fraction of sp³-hybridized carbons (Fsp3) is 0.632. The zero-order valence-corrected chi connectivity index (χ0v) is 16.9. The van der Waals surface area contributed by atoms with Gasteiger partial charge in [-0.05, 0) is 51.0 Å².